The third kappa shape index (κ3) is 6.95. The first-order valence-corrected chi connectivity index (χ1v) is 8.13. The molecule has 2 rings (SSSR count). The monoisotopic (exact) mass is 357 g/mol. The van der Waals surface area contributed by atoms with Gasteiger partial charge in [-0.1, -0.05) is 0 Å². The van der Waals surface area contributed by atoms with Crippen LogP contribution in [0, 0.1) is 0 Å². The van der Waals surface area contributed by atoms with Crippen LogP contribution in [0.2, 0.25) is 0 Å². The molecule has 1 N–H and O–H groups in total. The fourth-order valence-electron chi connectivity index (χ4n) is 2.46. The molecule has 0 atom stereocenters. The number of carbonyl (C=O) groups is 1. The topological polar surface area (TPSA) is 54.0 Å². The fraction of sp³-hybridized carbons (Fsp3) is 0.588. The molecule has 1 aromatic rings. The predicted molar refractivity (Wildman–Crippen MR) is 97.3 cm³/mol. The summed E-state index contributed by atoms with van der Waals surface area (Å²) in [5.41, 5.74) is 0. The van der Waals surface area contributed by atoms with Crippen molar-refractivity contribution >= 4 is 18.3 Å². The maximum absolute atomic E-state index is 12.1. The van der Waals surface area contributed by atoms with Crippen molar-refractivity contribution in [3.8, 4) is 11.5 Å². The molecule has 7 heteroatoms. The fourth-order valence-corrected chi connectivity index (χ4v) is 2.46. The van der Waals surface area contributed by atoms with Crippen molar-refractivity contribution in [2.45, 2.75) is 6.42 Å². The van der Waals surface area contributed by atoms with Crippen molar-refractivity contribution in [2.24, 2.45) is 0 Å². The molecule has 136 valence electrons. The van der Waals surface area contributed by atoms with Gasteiger partial charge in [0.1, 0.15) is 18.1 Å². The Morgan fingerprint density at radius 1 is 1.17 bits per heavy atom. The van der Waals surface area contributed by atoms with Gasteiger partial charge in [0.15, 0.2) is 0 Å². The number of hydrogen-bond acceptors (Lipinski definition) is 5. The summed E-state index contributed by atoms with van der Waals surface area (Å²) in [6, 6.07) is 7.55. The van der Waals surface area contributed by atoms with Gasteiger partial charge in [0.2, 0.25) is 5.91 Å². The second-order valence-electron chi connectivity index (χ2n) is 5.71. The number of amides is 1. The van der Waals surface area contributed by atoms with E-state index in [-0.39, 0.29) is 18.3 Å². The molecule has 1 saturated heterocycles. The van der Waals surface area contributed by atoms with E-state index in [4.69, 9.17) is 9.47 Å². The zero-order valence-electron chi connectivity index (χ0n) is 14.5. The summed E-state index contributed by atoms with van der Waals surface area (Å²) in [4.78, 5) is 16.2. The Morgan fingerprint density at radius 3 is 2.42 bits per heavy atom. The molecule has 1 heterocycles. The highest BCUT2D eigenvalue weighted by Gasteiger charge is 2.16. The van der Waals surface area contributed by atoms with E-state index in [0.717, 1.165) is 50.8 Å². The Hall–Kier alpha value is -1.50. The van der Waals surface area contributed by atoms with Crippen LogP contribution >= 0.6 is 12.4 Å². The molecule has 1 fully saturated rings. The number of likely N-dealkylation sites (N-methyl/N-ethyl adjacent to an activating group) is 1. The molecular formula is C17H28ClN3O3. The minimum absolute atomic E-state index is 0. The maximum Gasteiger partial charge on any atom is 0.223 e. The van der Waals surface area contributed by atoms with Crippen molar-refractivity contribution in [3.63, 3.8) is 0 Å². The Labute approximate surface area is 150 Å². The van der Waals surface area contributed by atoms with Crippen LogP contribution in [0.1, 0.15) is 6.42 Å². The molecular weight excluding hydrogens is 330 g/mol. The number of ether oxygens (including phenoxy) is 2. The highest BCUT2D eigenvalue weighted by atomic mass is 35.5. The second kappa shape index (κ2) is 11.1. The number of benzene rings is 1. The van der Waals surface area contributed by atoms with E-state index in [9.17, 15) is 4.79 Å². The SMILES string of the molecule is COc1ccc(OCCN(C)CCC(=O)N2CCNCC2)cc1.Cl. The van der Waals surface area contributed by atoms with Crippen LogP contribution in [0.15, 0.2) is 24.3 Å². The minimum atomic E-state index is 0. The number of carbonyl (C=O) groups excluding carboxylic acids is 1. The van der Waals surface area contributed by atoms with E-state index in [1.165, 1.54) is 0 Å². The molecule has 0 aliphatic carbocycles. The first kappa shape index (κ1) is 20.5. The number of hydrogen-bond donors (Lipinski definition) is 1. The minimum Gasteiger partial charge on any atom is -0.497 e. The molecule has 0 bridgehead atoms. The molecule has 0 saturated carbocycles. The lowest BCUT2D eigenvalue weighted by molar-refractivity contribution is -0.132. The van der Waals surface area contributed by atoms with Crippen molar-refractivity contribution in [3.05, 3.63) is 24.3 Å². The molecule has 0 radical (unpaired) electrons. The molecule has 6 nitrogen and oxygen atoms in total. The normalized spacial score (nSPS) is 14.2. The van der Waals surface area contributed by atoms with Crippen molar-refractivity contribution in [1.29, 1.82) is 0 Å². The first-order chi connectivity index (χ1) is 11.2. The second-order valence-corrected chi connectivity index (χ2v) is 5.71. The lowest BCUT2D eigenvalue weighted by Crippen LogP contribution is -2.47. The Morgan fingerprint density at radius 2 is 1.79 bits per heavy atom. The number of nitrogens with one attached hydrogen (secondary N) is 1. The molecule has 0 unspecified atom stereocenters. The molecule has 0 spiro atoms. The van der Waals surface area contributed by atoms with Crippen LogP contribution in [-0.4, -0.2) is 75.7 Å². The number of nitrogens with zero attached hydrogens (tertiary/aromatic N) is 2. The summed E-state index contributed by atoms with van der Waals surface area (Å²) in [7, 11) is 3.66. The maximum atomic E-state index is 12.1. The van der Waals surface area contributed by atoms with E-state index in [0.29, 0.717) is 13.0 Å². The number of halogens is 1. The zero-order valence-corrected chi connectivity index (χ0v) is 15.3. The Bertz CT molecular complexity index is 478. The lowest BCUT2D eigenvalue weighted by atomic mass is 10.3. The van der Waals surface area contributed by atoms with Gasteiger partial charge in [-0.25, -0.2) is 0 Å². The molecule has 1 amide bonds. The van der Waals surface area contributed by atoms with Crippen LogP contribution in [0.5, 0.6) is 11.5 Å². The number of rotatable bonds is 8. The standard InChI is InChI=1S/C17H27N3O3.ClH/c1-19(10-7-17(21)20-11-8-18-9-12-20)13-14-23-16-5-3-15(22-2)4-6-16;/h3-6,18H,7-14H2,1-2H3;1H. The summed E-state index contributed by atoms with van der Waals surface area (Å²) in [5, 5.41) is 3.26. The Kier molecular flexibility index (Phi) is 9.52. The van der Waals surface area contributed by atoms with Crippen molar-refractivity contribution < 1.29 is 14.3 Å². The highest BCUT2D eigenvalue weighted by Crippen LogP contribution is 2.16. The number of methoxy groups -OCH3 is 1. The van der Waals surface area contributed by atoms with Gasteiger partial charge >= 0.3 is 0 Å². The number of piperazine rings is 1. The van der Waals surface area contributed by atoms with Crippen LogP contribution in [0.3, 0.4) is 0 Å². The summed E-state index contributed by atoms with van der Waals surface area (Å²) in [6.45, 7) is 5.60. The van der Waals surface area contributed by atoms with Gasteiger partial charge in [-0.05, 0) is 31.3 Å². The van der Waals surface area contributed by atoms with Gasteiger partial charge in [-0.3, -0.25) is 4.79 Å². The van der Waals surface area contributed by atoms with E-state index in [2.05, 4.69) is 10.2 Å². The average molecular weight is 358 g/mol. The highest BCUT2D eigenvalue weighted by molar-refractivity contribution is 5.85. The van der Waals surface area contributed by atoms with E-state index >= 15 is 0 Å². The van der Waals surface area contributed by atoms with Crippen molar-refractivity contribution in [1.82, 2.24) is 15.1 Å². The van der Waals surface area contributed by atoms with E-state index in [1.54, 1.807) is 7.11 Å². The third-order valence-corrected chi connectivity index (χ3v) is 3.98. The average Bonchev–Trinajstić information content (AvgIpc) is 2.61. The van der Waals surface area contributed by atoms with Gasteiger partial charge in [0.25, 0.3) is 0 Å². The largest absolute Gasteiger partial charge is 0.497 e. The summed E-state index contributed by atoms with van der Waals surface area (Å²) < 4.78 is 10.8. The molecule has 1 aliphatic heterocycles. The van der Waals surface area contributed by atoms with Gasteiger partial charge in [-0.15, -0.1) is 12.4 Å². The summed E-state index contributed by atoms with van der Waals surface area (Å²) >= 11 is 0. The summed E-state index contributed by atoms with van der Waals surface area (Å²) in [6.07, 6.45) is 0.568. The first-order valence-electron chi connectivity index (χ1n) is 8.13. The predicted octanol–water partition coefficient (Wildman–Crippen LogP) is 1.25. The van der Waals surface area contributed by atoms with Gasteiger partial charge < -0.3 is 24.6 Å². The lowest BCUT2D eigenvalue weighted by Gasteiger charge is -2.28. The molecule has 24 heavy (non-hydrogen) atoms. The molecule has 0 aromatic heterocycles. The van der Waals surface area contributed by atoms with Gasteiger partial charge in [0.05, 0.1) is 7.11 Å². The van der Waals surface area contributed by atoms with Gasteiger partial charge in [0, 0.05) is 45.7 Å². The van der Waals surface area contributed by atoms with E-state index in [1.807, 2.05) is 36.2 Å². The Balaban J connectivity index is 0.00000288. The smallest absolute Gasteiger partial charge is 0.223 e. The third-order valence-electron chi connectivity index (χ3n) is 3.98. The quantitative estimate of drug-likeness (QED) is 0.759. The zero-order chi connectivity index (χ0) is 16.5. The molecule has 1 aromatic carbocycles. The van der Waals surface area contributed by atoms with Crippen molar-refractivity contribution in [2.75, 3.05) is 60.0 Å². The van der Waals surface area contributed by atoms with Crippen LogP contribution in [0.4, 0.5) is 0 Å². The van der Waals surface area contributed by atoms with Gasteiger partial charge in [-0.2, -0.15) is 0 Å². The van der Waals surface area contributed by atoms with E-state index < -0.39 is 0 Å². The molecule has 1 aliphatic rings. The summed E-state index contributed by atoms with van der Waals surface area (Å²) in [5.74, 6) is 1.89. The van der Waals surface area contributed by atoms with Crippen LogP contribution in [-0.2, 0) is 4.79 Å². The van der Waals surface area contributed by atoms with Crippen LogP contribution in [0.25, 0.3) is 0 Å². The van der Waals surface area contributed by atoms with Crippen LogP contribution < -0.4 is 14.8 Å².